The molecule has 0 aliphatic rings. The van der Waals surface area contributed by atoms with Crippen LogP contribution in [0.3, 0.4) is 0 Å². The molecular formula is C16H14FNO2. The number of rotatable bonds is 5. The molecule has 3 nitrogen and oxygen atoms in total. The van der Waals surface area contributed by atoms with Crippen molar-refractivity contribution < 1.29 is 13.9 Å². The van der Waals surface area contributed by atoms with Crippen molar-refractivity contribution in [3.8, 4) is 17.6 Å². The SMILES string of the molecule is CCOc1ccccc1OCc1ccc(C#N)cc1F. The highest BCUT2D eigenvalue weighted by Gasteiger charge is 2.07. The smallest absolute Gasteiger partial charge is 0.161 e. The van der Waals surface area contributed by atoms with Crippen LogP contribution in [-0.2, 0) is 6.61 Å². The molecule has 0 aliphatic heterocycles. The zero-order valence-corrected chi connectivity index (χ0v) is 11.1. The molecule has 0 amide bonds. The molecule has 0 saturated heterocycles. The normalized spacial score (nSPS) is 9.85. The van der Waals surface area contributed by atoms with Crippen LogP contribution in [0.4, 0.5) is 4.39 Å². The van der Waals surface area contributed by atoms with E-state index in [2.05, 4.69) is 0 Å². The molecule has 4 heteroatoms. The second kappa shape index (κ2) is 6.58. The van der Waals surface area contributed by atoms with Crippen LogP contribution in [0, 0.1) is 17.1 Å². The lowest BCUT2D eigenvalue weighted by molar-refractivity contribution is 0.266. The molecule has 0 spiro atoms. The van der Waals surface area contributed by atoms with Gasteiger partial charge in [-0.15, -0.1) is 0 Å². The van der Waals surface area contributed by atoms with Crippen molar-refractivity contribution in [2.24, 2.45) is 0 Å². The number of hydrogen-bond acceptors (Lipinski definition) is 3. The lowest BCUT2D eigenvalue weighted by Crippen LogP contribution is -2.01. The van der Waals surface area contributed by atoms with Crippen molar-refractivity contribution in [3.63, 3.8) is 0 Å². The van der Waals surface area contributed by atoms with Crippen molar-refractivity contribution in [1.82, 2.24) is 0 Å². The molecule has 2 rings (SSSR count). The maximum Gasteiger partial charge on any atom is 0.161 e. The minimum Gasteiger partial charge on any atom is -0.490 e. The molecule has 0 aliphatic carbocycles. The van der Waals surface area contributed by atoms with Crippen LogP contribution in [-0.4, -0.2) is 6.61 Å². The van der Waals surface area contributed by atoms with E-state index >= 15 is 0 Å². The minimum atomic E-state index is -0.446. The molecule has 0 atom stereocenters. The summed E-state index contributed by atoms with van der Waals surface area (Å²) in [5, 5.41) is 8.69. The van der Waals surface area contributed by atoms with Gasteiger partial charge in [0, 0.05) is 5.56 Å². The third kappa shape index (κ3) is 3.27. The van der Waals surface area contributed by atoms with Crippen LogP contribution in [0.25, 0.3) is 0 Å². The van der Waals surface area contributed by atoms with Crippen molar-refractivity contribution in [1.29, 1.82) is 5.26 Å². The van der Waals surface area contributed by atoms with Gasteiger partial charge >= 0.3 is 0 Å². The Morgan fingerprint density at radius 3 is 2.40 bits per heavy atom. The summed E-state index contributed by atoms with van der Waals surface area (Å²) in [6.45, 7) is 2.50. The van der Waals surface area contributed by atoms with Gasteiger partial charge in [0.25, 0.3) is 0 Å². The Kier molecular flexibility index (Phi) is 4.56. The summed E-state index contributed by atoms with van der Waals surface area (Å²) in [6, 6.07) is 13.5. The fraction of sp³-hybridized carbons (Fsp3) is 0.188. The van der Waals surface area contributed by atoms with Gasteiger partial charge in [-0.05, 0) is 31.2 Å². The van der Waals surface area contributed by atoms with Gasteiger partial charge in [0.1, 0.15) is 12.4 Å². The Morgan fingerprint density at radius 1 is 1.10 bits per heavy atom. The van der Waals surface area contributed by atoms with Gasteiger partial charge in [-0.1, -0.05) is 18.2 Å². The topological polar surface area (TPSA) is 42.2 Å². The van der Waals surface area contributed by atoms with Crippen LogP contribution in [0.2, 0.25) is 0 Å². The van der Waals surface area contributed by atoms with E-state index in [0.29, 0.717) is 29.2 Å². The first-order valence-corrected chi connectivity index (χ1v) is 6.27. The number of para-hydroxylation sites is 2. The molecule has 0 saturated carbocycles. The van der Waals surface area contributed by atoms with Crippen LogP contribution in [0.15, 0.2) is 42.5 Å². The highest BCUT2D eigenvalue weighted by molar-refractivity contribution is 5.40. The monoisotopic (exact) mass is 271 g/mol. The number of nitriles is 1. The predicted octanol–water partition coefficient (Wildman–Crippen LogP) is 3.68. The van der Waals surface area contributed by atoms with Crippen LogP contribution in [0.1, 0.15) is 18.1 Å². The third-order valence-electron chi connectivity index (χ3n) is 2.71. The Hall–Kier alpha value is -2.54. The molecule has 0 N–H and O–H groups in total. The summed E-state index contributed by atoms with van der Waals surface area (Å²) in [5.74, 6) is 0.750. The lowest BCUT2D eigenvalue weighted by Gasteiger charge is -2.12. The molecule has 0 bridgehead atoms. The molecule has 2 aromatic rings. The van der Waals surface area contributed by atoms with E-state index in [1.54, 1.807) is 24.3 Å². The first kappa shape index (κ1) is 13.9. The number of nitrogens with zero attached hydrogens (tertiary/aromatic N) is 1. The maximum absolute atomic E-state index is 13.7. The summed E-state index contributed by atoms with van der Waals surface area (Å²) >= 11 is 0. The quantitative estimate of drug-likeness (QED) is 0.833. The predicted molar refractivity (Wildman–Crippen MR) is 73.1 cm³/mol. The standard InChI is InChI=1S/C16H14FNO2/c1-2-19-15-5-3-4-6-16(15)20-11-13-8-7-12(10-18)9-14(13)17/h3-9H,2,11H2,1H3. The van der Waals surface area contributed by atoms with E-state index in [-0.39, 0.29) is 6.61 Å². The molecule has 102 valence electrons. The Bertz CT molecular complexity index is 635. The Labute approximate surface area is 117 Å². The van der Waals surface area contributed by atoms with E-state index < -0.39 is 5.82 Å². The zero-order valence-electron chi connectivity index (χ0n) is 11.1. The summed E-state index contributed by atoms with van der Waals surface area (Å²) in [4.78, 5) is 0. The first-order valence-electron chi connectivity index (χ1n) is 6.27. The van der Waals surface area contributed by atoms with Gasteiger partial charge < -0.3 is 9.47 Å². The van der Waals surface area contributed by atoms with Gasteiger partial charge in [-0.2, -0.15) is 5.26 Å². The van der Waals surface area contributed by atoms with Gasteiger partial charge in [0.05, 0.1) is 18.2 Å². The maximum atomic E-state index is 13.7. The van der Waals surface area contributed by atoms with Crippen molar-refractivity contribution in [2.45, 2.75) is 13.5 Å². The van der Waals surface area contributed by atoms with E-state index in [0.717, 1.165) is 0 Å². The summed E-state index contributed by atoms with van der Waals surface area (Å²) in [6.07, 6.45) is 0. The average molecular weight is 271 g/mol. The van der Waals surface area contributed by atoms with Gasteiger partial charge in [-0.25, -0.2) is 4.39 Å². The van der Waals surface area contributed by atoms with Gasteiger partial charge in [-0.3, -0.25) is 0 Å². The zero-order chi connectivity index (χ0) is 14.4. The first-order chi connectivity index (χ1) is 9.74. The Balaban J connectivity index is 2.11. The molecule has 20 heavy (non-hydrogen) atoms. The largest absolute Gasteiger partial charge is 0.490 e. The Morgan fingerprint density at radius 2 is 1.80 bits per heavy atom. The van der Waals surface area contributed by atoms with E-state index in [1.165, 1.54) is 6.07 Å². The average Bonchev–Trinajstić information content (AvgIpc) is 2.47. The van der Waals surface area contributed by atoms with Gasteiger partial charge in [0.2, 0.25) is 0 Å². The molecule has 0 aromatic heterocycles. The number of halogens is 1. The second-order valence-electron chi connectivity index (χ2n) is 4.09. The van der Waals surface area contributed by atoms with Crippen molar-refractivity contribution in [2.75, 3.05) is 6.61 Å². The molecule has 0 radical (unpaired) electrons. The minimum absolute atomic E-state index is 0.0849. The molecule has 0 unspecified atom stereocenters. The third-order valence-corrected chi connectivity index (χ3v) is 2.71. The molecule has 0 fully saturated rings. The van der Waals surface area contributed by atoms with E-state index in [1.807, 2.05) is 25.1 Å². The molecule has 0 heterocycles. The second-order valence-corrected chi connectivity index (χ2v) is 4.09. The fourth-order valence-corrected chi connectivity index (χ4v) is 1.73. The number of hydrogen-bond donors (Lipinski definition) is 0. The summed E-state index contributed by atoms with van der Waals surface area (Å²) in [5.41, 5.74) is 0.691. The van der Waals surface area contributed by atoms with Crippen LogP contribution in [0.5, 0.6) is 11.5 Å². The van der Waals surface area contributed by atoms with Crippen LogP contribution < -0.4 is 9.47 Å². The van der Waals surface area contributed by atoms with Crippen molar-refractivity contribution in [3.05, 3.63) is 59.4 Å². The molecule has 2 aromatic carbocycles. The van der Waals surface area contributed by atoms with E-state index in [4.69, 9.17) is 14.7 Å². The van der Waals surface area contributed by atoms with Crippen LogP contribution >= 0.6 is 0 Å². The van der Waals surface area contributed by atoms with Crippen molar-refractivity contribution >= 4 is 0 Å². The summed E-state index contributed by atoms with van der Waals surface area (Å²) < 4.78 is 24.7. The highest BCUT2D eigenvalue weighted by Crippen LogP contribution is 2.27. The van der Waals surface area contributed by atoms with Gasteiger partial charge in [0.15, 0.2) is 11.5 Å². The number of benzene rings is 2. The number of ether oxygens (including phenoxy) is 2. The van der Waals surface area contributed by atoms with E-state index in [9.17, 15) is 4.39 Å². The fourth-order valence-electron chi connectivity index (χ4n) is 1.73. The lowest BCUT2D eigenvalue weighted by atomic mass is 10.1. The molecular weight excluding hydrogens is 257 g/mol. The highest BCUT2D eigenvalue weighted by atomic mass is 19.1. The summed E-state index contributed by atoms with van der Waals surface area (Å²) in [7, 11) is 0.